The molecule has 10 heavy (non-hydrogen) atoms. The molecule has 0 spiro atoms. The Morgan fingerprint density at radius 1 is 1.30 bits per heavy atom. The van der Waals surface area contributed by atoms with Gasteiger partial charge in [0.2, 0.25) is 0 Å². The number of hydrogen-bond donors (Lipinski definition) is 2. The monoisotopic (exact) mass is 148 g/mol. The van der Waals surface area contributed by atoms with Crippen molar-refractivity contribution in [2.75, 3.05) is 19.8 Å². The zero-order valence-electron chi connectivity index (χ0n) is 6.42. The van der Waals surface area contributed by atoms with Gasteiger partial charge in [-0.3, -0.25) is 0 Å². The van der Waals surface area contributed by atoms with Crippen LogP contribution in [0.4, 0.5) is 0 Å². The van der Waals surface area contributed by atoms with E-state index in [1.54, 1.807) is 0 Å². The minimum absolute atomic E-state index is 0.0686. The van der Waals surface area contributed by atoms with Gasteiger partial charge in [0.25, 0.3) is 0 Å². The van der Waals surface area contributed by atoms with E-state index in [1.807, 2.05) is 6.92 Å². The number of aliphatic hydroxyl groups excluding tert-OH is 2. The molecule has 0 aliphatic heterocycles. The first-order valence-electron chi connectivity index (χ1n) is 3.64. The maximum Gasteiger partial charge on any atom is 0.0777 e. The summed E-state index contributed by atoms with van der Waals surface area (Å²) in [6, 6.07) is 0. The molecule has 0 aromatic carbocycles. The van der Waals surface area contributed by atoms with Gasteiger partial charge in [-0.1, -0.05) is 0 Å². The van der Waals surface area contributed by atoms with Crippen LogP contribution in [-0.4, -0.2) is 36.1 Å². The molecule has 0 bridgehead atoms. The van der Waals surface area contributed by atoms with E-state index in [9.17, 15) is 0 Å². The Balaban J connectivity index is 2.89. The van der Waals surface area contributed by atoms with Crippen LogP contribution in [0.5, 0.6) is 0 Å². The summed E-state index contributed by atoms with van der Waals surface area (Å²) in [5.41, 5.74) is 0. The third-order valence-electron chi connectivity index (χ3n) is 1.21. The van der Waals surface area contributed by atoms with Gasteiger partial charge in [-0.15, -0.1) is 0 Å². The van der Waals surface area contributed by atoms with Gasteiger partial charge in [0, 0.05) is 13.2 Å². The second-order valence-corrected chi connectivity index (χ2v) is 2.29. The predicted molar refractivity (Wildman–Crippen MR) is 38.8 cm³/mol. The summed E-state index contributed by atoms with van der Waals surface area (Å²) in [5, 5.41) is 16.9. The first-order valence-corrected chi connectivity index (χ1v) is 3.64. The first kappa shape index (κ1) is 9.88. The summed E-state index contributed by atoms with van der Waals surface area (Å²) in [7, 11) is 0. The van der Waals surface area contributed by atoms with Gasteiger partial charge in [0.1, 0.15) is 0 Å². The van der Waals surface area contributed by atoms with Crippen molar-refractivity contribution >= 4 is 0 Å². The molecule has 1 unspecified atom stereocenters. The third-order valence-corrected chi connectivity index (χ3v) is 1.21. The third kappa shape index (κ3) is 6.01. The van der Waals surface area contributed by atoms with Crippen molar-refractivity contribution in [3.05, 3.63) is 0 Å². The highest BCUT2D eigenvalue weighted by atomic mass is 16.5. The van der Waals surface area contributed by atoms with E-state index in [1.165, 1.54) is 0 Å². The number of unbranched alkanes of at least 4 members (excludes halogenated alkanes) is 1. The predicted octanol–water partition coefficient (Wildman–Crippen LogP) is 0.156. The second-order valence-electron chi connectivity index (χ2n) is 2.29. The van der Waals surface area contributed by atoms with Gasteiger partial charge >= 0.3 is 0 Å². The Morgan fingerprint density at radius 3 is 2.50 bits per heavy atom. The zero-order valence-corrected chi connectivity index (χ0v) is 6.42. The van der Waals surface area contributed by atoms with Gasteiger partial charge in [-0.25, -0.2) is 0 Å². The molecule has 0 fully saturated rings. The van der Waals surface area contributed by atoms with Crippen molar-refractivity contribution in [1.29, 1.82) is 0 Å². The number of hydrogen-bond acceptors (Lipinski definition) is 3. The molecule has 0 aliphatic rings. The minimum atomic E-state index is -0.0707. The average Bonchev–Trinajstić information content (AvgIpc) is 1.98. The molecule has 0 aromatic rings. The lowest BCUT2D eigenvalue weighted by Crippen LogP contribution is -2.13. The Morgan fingerprint density at radius 2 is 2.00 bits per heavy atom. The maximum absolute atomic E-state index is 8.52. The van der Waals surface area contributed by atoms with E-state index < -0.39 is 0 Å². The molecule has 0 amide bonds. The van der Waals surface area contributed by atoms with Crippen molar-refractivity contribution in [2.24, 2.45) is 0 Å². The normalized spacial score (nSPS) is 13.5. The van der Waals surface area contributed by atoms with Gasteiger partial charge in [0.05, 0.1) is 12.7 Å². The highest BCUT2D eigenvalue weighted by Crippen LogP contribution is 1.93. The van der Waals surface area contributed by atoms with Crippen molar-refractivity contribution in [3.8, 4) is 0 Å². The van der Waals surface area contributed by atoms with Crippen LogP contribution in [0, 0.1) is 0 Å². The highest BCUT2D eigenvalue weighted by Gasteiger charge is 1.97. The smallest absolute Gasteiger partial charge is 0.0777 e. The zero-order chi connectivity index (χ0) is 7.82. The van der Waals surface area contributed by atoms with E-state index in [-0.39, 0.29) is 19.3 Å². The quantitative estimate of drug-likeness (QED) is 0.527. The number of ether oxygens (including phenoxy) is 1. The van der Waals surface area contributed by atoms with Gasteiger partial charge in [-0.2, -0.15) is 0 Å². The largest absolute Gasteiger partial charge is 0.396 e. The summed E-state index contributed by atoms with van der Waals surface area (Å²) in [6.07, 6.45) is 1.57. The average molecular weight is 148 g/mol. The van der Waals surface area contributed by atoms with Crippen LogP contribution in [-0.2, 0) is 4.74 Å². The number of rotatable bonds is 6. The minimum Gasteiger partial charge on any atom is -0.396 e. The van der Waals surface area contributed by atoms with Crippen LogP contribution in [0.2, 0.25) is 0 Å². The molecule has 0 saturated heterocycles. The van der Waals surface area contributed by atoms with Crippen molar-refractivity contribution < 1.29 is 14.9 Å². The molecular weight excluding hydrogens is 132 g/mol. The van der Waals surface area contributed by atoms with E-state index in [2.05, 4.69) is 0 Å². The summed E-state index contributed by atoms with van der Waals surface area (Å²) < 4.78 is 5.13. The van der Waals surface area contributed by atoms with Crippen molar-refractivity contribution in [1.82, 2.24) is 0 Å². The Kier molecular flexibility index (Phi) is 6.91. The molecule has 0 saturated carbocycles. The first-order chi connectivity index (χ1) is 4.81. The lowest BCUT2D eigenvalue weighted by molar-refractivity contribution is 0.0219. The number of aliphatic hydroxyl groups is 2. The van der Waals surface area contributed by atoms with E-state index in [4.69, 9.17) is 14.9 Å². The molecule has 0 radical (unpaired) electrons. The lowest BCUT2D eigenvalue weighted by Gasteiger charge is -2.08. The van der Waals surface area contributed by atoms with E-state index >= 15 is 0 Å². The molecule has 62 valence electrons. The molecule has 1 atom stereocenters. The Labute approximate surface area is 61.6 Å². The fraction of sp³-hybridized carbons (Fsp3) is 1.00. The maximum atomic E-state index is 8.52. The van der Waals surface area contributed by atoms with E-state index in [0.717, 1.165) is 12.8 Å². The van der Waals surface area contributed by atoms with Crippen LogP contribution in [0.3, 0.4) is 0 Å². The molecule has 0 aromatic heterocycles. The highest BCUT2D eigenvalue weighted by molar-refractivity contribution is 4.44. The summed E-state index contributed by atoms with van der Waals surface area (Å²) in [4.78, 5) is 0. The molecule has 3 heteroatoms. The second kappa shape index (κ2) is 6.99. The topological polar surface area (TPSA) is 49.7 Å². The molecule has 2 N–H and O–H groups in total. The Hall–Kier alpha value is -0.120. The van der Waals surface area contributed by atoms with Crippen molar-refractivity contribution in [3.63, 3.8) is 0 Å². The lowest BCUT2D eigenvalue weighted by atomic mass is 10.3. The van der Waals surface area contributed by atoms with Gasteiger partial charge in [0.15, 0.2) is 0 Å². The van der Waals surface area contributed by atoms with Crippen LogP contribution >= 0.6 is 0 Å². The fourth-order valence-electron chi connectivity index (χ4n) is 0.551. The molecule has 3 nitrogen and oxygen atoms in total. The molecule has 0 aliphatic carbocycles. The summed E-state index contributed by atoms with van der Waals surface area (Å²) >= 11 is 0. The summed E-state index contributed by atoms with van der Waals surface area (Å²) in [5.74, 6) is 0. The van der Waals surface area contributed by atoms with Crippen LogP contribution in [0.25, 0.3) is 0 Å². The Bertz CT molecular complexity index is 65.9. The molecular formula is C7H16O3. The van der Waals surface area contributed by atoms with E-state index in [0.29, 0.717) is 6.61 Å². The van der Waals surface area contributed by atoms with Gasteiger partial charge in [-0.05, 0) is 19.8 Å². The van der Waals surface area contributed by atoms with Crippen molar-refractivity contribution in [2.45, 2.75) is 25.9 Å². The van der Waals surface area contributed by atoms with Crippen LogP contribution in [0.15, 0.2) is 0 Å². The SMILES string of the molecule is CC(CO)OCCCCO. The molecule has 0 heterocycles. The van der Waals surface area contributed by atoms with Crippen LogP contribution < -0.4 is 0 Å². The standard InChI is InChI=1S/C7H16O3/c1-7(6-9)10-5-3-2-4-8/h7-9H,2-6H2,1H3. The van der Waals surface area contributed by atoms with Crippen LogP contribution in [0.1, 0.15) is 19.8 Å². The fourth-order valence-corrected chi connectivity index (χ4v) is 0.551. The molecule has 0 rings (SSSR count). The summed E-state index contributed by atoms with van der Waals surface area (Å²) in [6.45, 7) is 2.73. The van der Waals surface area contributed by atoms with Gasteiger partial charge < -0.3 is 14.9 Å².